The number of sulfonamides is 1. The highest BCUT2D eigenvalue weighted by atomic mass is 32.2. The summed E-state index contributed by atoms with van der Waals surface area (Å²) in [6, 6.07) is 4.62. The molecule has 5 nitrogen and oxygen atoms in total. The Labute approximate surface area is 101 Å². The molecule has 0 unspecified atom stereocenters. The Kier molecular flexibility index (Phi) is 4.25. The quantitative estimate of drug-likeness (QED) is 0.852. The lowest BCUT2D eigenvalue weighted by atomic mass is 10.2. The summed E-state index contributed by atoms with van der Waals surface area (Å²) in [5.74, 6) is -0.219. The molecule has 0 atom stereocenters. The molecule has 1 rings (SSSR count). The molecule has 1 amide bonds. The zero-order chi connectivity index (χ0) is 13.1. The van der Waals surface area contributed by atoms with E-state index in [1.165, 1.54) is 6.07 Å². The van der Waals surface area contributed by atoms with Gasteiger partial charge >= 0.3 is 0 Å². The van der Waals surface area contributed by atoms with Crippen molar-refractivity contribution >= 4 is 21.6 Å². The third-order valence-electron chi connectivity index (χ3n) is 2.19. The maximum absolute atomic E-state index is 11.5. The summed E-state index contributed by atoms with van der Waals surface area (Å²) >= 11 is 0. The number of hydrogen-bond donors (Lipinski definition) is 2. The first-order valence-corrected chi connectivity index (χ1v) is 6.82. The molecule has 1 aromatic carbocycles. The first-order valence-electron chi connectivity index (χ1n) is 5.28. The van der Waals surface area contributed by atoms with Crippen molar-refractivity contribution in [3.8, 4) is 0 Å². The van der Waals surface area contributed by atoms with E-state index in [4.69, 9.17) is 5.14 Å². The smallest absolute Gasteiger partial charge is 0.240 e. The Balaban J connectivity index is 3.13. The van der Waals surface area contributed by atoms with E-state index in [0.29, 0.717) is 12.8 Å². The summed E-state index contributed by atoms with van der Waals surface area (Å²) in [6.07, 6.45) is 1.04. The van der Waals surface area contributed by atoms with Gasteiger partial charge in [0.25, 0.3) is 0 Å². The second-order valence-electron chi connectivity index (χ2n) is 3.84. The first-order chi connectivity index (χ1) is 7.84. The molecule has 0 saturated heterocycles. The Bertz CT molecular complexity index is 524. The van der Waals surface area contributed by atoms with Crippen molar-refractivity contribution in [1.82, 2.24) is 0 Å². The SMILES string of the molecule is CCCC(=O)Nc1cc(C)ccc1S(N)(=O)=O. The number of anilines is 1. The number of benzene rings is 1. The van der Waals surface area contributed by atoms with Gasteiger partial charge in [0.15, 0.2) is 0 Å². The van der Waals surface area contributed by atoms with E-state index < -0.39 is 10.0 Å². The zero-order valence-corrected chi connectivity index (χ0v) is 10.7. The van der Waals surface area contributed by atoms with Crippen molar-refractivity contribution in [2.75, 3.05) is 5.32 Å². The average molecular weight is 256 g/mol. The average Bonchev–Trinajstić information content (AvgIpc) is 2.15. The van der Waals surface area contributed by atoms with E-state index >= 15 is 0 Å². The van der Waals surface area contributed by atoms with Crippen LogP contribution in [0.15, 0.2) is 23.1 Å². The molecule has 0 spiro atoms. The lowest BCUT2D eigenvalue weighted by molar-refractivity contribution is -0.116. The van der Waals surface area contributed by atoms with Crippen molar-refractivity contribution in [2.24, 2.45) is 5.14 Å². The third kappa shape index (κ3) is 3.83. The van der Waals surface area contributed by atoms with Crippen LogP contribution in [0.5, 0.6) is 0 Å². The number of carbonyl (C=O) groups excluding carboxylic acids is 1. The highest BCUT2D eigenvalue weighted by molar-refractivity contribution is 7.89. The number of aryl methyl sites for hydroxylation is 1. The number of nitrogens with two attached hydrogens (primary N) is 1. The van der Waals surface area contributed by atoms with Crippen molar-refractivity contribution in [1.29, 1.82) is 0 Å². The maximum Gasteiger partial charge on any atom is 0.240 e. The summed E-state index contributed by atoms with van der Waals surface area (Å²) in [6.45, 7) is 3.68. The van der Waals surface area contributed by atoms with Gasteiger partial charge in [-0.1, -0.05) is 13.0 Å². The van der Waals surface area contributed by atoms with Gasteiger partial charge in [-0.05, 0) is 31.0 Å². The highest BCUT2D eigenvalue weighted by Gasteiger charge is 2.15. The Morgan fingerprint density at radius 2 is 2.06 bits per heavy atom. The standard InChI is InChI=1S/C11H16N2O3S/c1-3-4-11(14)13-9-7-8(2)5-6-10(9)17(12,15)16/h5-7H,3-4H2,1-2H3,(H,13,14)(H2,12,15,16). The molecular weight excluding hydrogens is 240 g/mol. The van der Waals surface area contributed by atoms with Gasteiger partial charge < -0.3 is 5.32 Å². The lowest BCUT2D eigenvalue weighted by Gasteiger charge is -2.10. The molecule has 0 aliphatic carbocycles. The van der Waals surface area contributed by atoms with Crippen LogP contribution in [0, 0.1) is 6.92 Å². The molecule has 17 heavy (non-hydrogen) atoms. The van der Waals surface area contributed by atoms with Crippen LogP contribution in [0.1, 0.15) is 25.3 Å². The normalized spacial score (nSPS) is 11.2. The van der Waals surface area contributed by atoms with Crippen LogP contribution >= 0.6 is 0 Å². The van der Waals surface area contributed by atoms with Gasteiger partial charge in [-0.3, -0.25) is 4.79 Å². The molecule has 0 bridgehead atoms. The monoisotopic (exact) mass is 256 g/mol. The summed E-state index contributed by atoms with van der Waals surface area (Å²) in [7, 11) is -3.83. The second-order valence-corrected chi connectivity index (χ2v) is 5.37. The minimum Gasteiger partial charge on any atom is -0.325 e. The van der Waals surface area contributed by atoms with Crippen LogP contribution in [0.25, 0.3) is 0 Å². The topological polar surface area (TPSA) is 89.3 Å². The van der Waals surface area contributed by atoms with Crippen LogP contribution in [0.3, 0.4) is 0 Å². The van der Waals surface area contributed by atoms with E-state index in [2.05, 4.69) is 5.32 Å². The van der Waals surface area contributed by atoms with Gasteiger partial charge in [0.05, 0.1) is 5.69 Å². The van der Waals surface area contributed by atoms with Gasteiger partial charge in [0, 0.05) is 6.42 Å². The number of primary sulfonamides is 1. The van der Waals surface area contributed by atoms with Crippen LogP contribution < -0.4 is 10.5 Å². The minimum absolute atomic E-state index is 0.0625. The third-order valence-corrected chi connectivity index (χ3v) is 3.16. The van der Waals surface area contributed by atoms with E-state index in [1.54, 1.807) is 12.1 Å². The van der Waals surface area contributed by atoms with Gasteiger partial charge in [-0.15, -0.1) is 0 Å². The van der Waals surface area contributed by atoms with Crippen LogP contribution in [0.2, 0.25) is 0 Å². The zero-order valence-electron chi connectivity index (χ0n) is 9.86. The largest absolute Gasteiger partial charge is 0.325 e. The maximum atomic E-state index is 11.5. The Morgan fingerprint density at radius 1 is 1.41 bits per heavy atom. The molecule has 0 radical (unpaired) electrons. The highest BCUT2D eigenvalue weighted by Crippen LogP contribution is 2.21. The minimum atomic E-state index is -3.83. The van der Waals surface area contributed by atoms with Crippen molar-refractivity contribution in [3.05, 3.63) is 23.8 Å². The summed E-state index contributed by atoms with van der Waals surface area (Å²) < 4.78 is 22.7. The van der Waals surface area contributed by atoms with Gasteiger partial charge in [-0.2, -0.15) is 0 Å². The van der Waals surface area contributed by atoms with Crippen molar-refractivity contribution < 1.29 is 13.2 Å². The molecule has 1 aromatic rings. The number of carbonyl (C=O) groups is 1. The van der Waals surface area contributed by atoms with Crippen molar-refractivity contribution in [3.63, 3.8) is 0 Å². The van der Waals surface area contributed by atoms with E-state index in [9.17, 15) is 13.2 Å². The lowest BCUT2D eigenvalue weighted by Crippen LogP contribution is -2.18. The van der Waals surface area contributed by atoms with Crippen LogP contribution in [-0.2, 0) is 14.8 Å². The summed E-state index contributed by atoms with van der Waals surface area (Å²) in [5, 5.41) is 7.64. The second kappa shape index (κ2) is 5.29. The fourth-order valence-corrected chi connectivity index (χ4v) is 2.10. The Hall–Kier alpha value is -1.40. The first kappa shape index (κ1) is 13.7. The fourth-order valence-electron chi connectivity index (χ4n) is 1.43. The summed E-state index contributed by atoms with van der Waals surface area (Å²) in [4.78, 5) is 11.4. The van der Waals surface area contributed by atoms with Gasteiger partial charge in [0.1, 0.15) is 4.90 Å². The molecule has 0 fully saturated rings. The predicted molar refractivity (Wildman–Crippen MR) is 66.1 cm³/mol. The number of amides is 1. The van der Waals surface area contributed by atoms with Crippen LogP contribution in [-0.4, -0.2) is 14.3 Å². The molecule has 0 heterocycles. The molecule has 0 aliphatic rings. The molecule has 0 aliphatic heterocycles. The van der Waals surface area contributed by atoms with Gasteiger partial charge in [-0.25, -0.2) is 13.6 Å². The van der Waals surface area contributed by atoms with Crippen molar-refractivity contribution in [2.45, 2.75) is 31.6 Å². The van der Waals surface area contributed by atoms with Crippen LogP contribution in [0.4, 0.5) is 5.69 Å². The Morgan fingerprint density at radius 3 is 2.59 bits per heavy atom. The summed E-state index contributed by atoms with van der Waals surface area (Å²) in [5.41, 5.74) is 1.09. The van der Waals surface area contributed by atoms with E-state index in [1.807, 2.05) is 13.8 Å². The molecule has 0 saturated carbocycles. The van der Waals surface area contributed by atoms with E-state index in [-0.39, 0.29) is 16.5 Å². The van der Waals surface area contributed by atoms with Gasteiger partial charge in [0.2, 0.25) is 15.9 Å². The number of hydrogen-bond acceptors (Lipinski definition) is 3. The molecule has 6 heteroatoms. The molecule has 0 aromatic heterocycles. The molecule has 94 valence electrons. The predicted octanol–water partition coefficient (Wildman–Crippen LogP) is 1.38. The fraction of sp³-hybridized carbons (Fsp3) is 0.364. The van der Waals surface area contributed by atoms with E-state index in [0.717, 1.165) is 5.56 Å². The number of rotatable bonds is 4. The molecular formula is C11H16N2O3S. The molecule has 3 N–H and O–H groups in total. The number of nitrogens with one attached hydrogen (secondary N) is 1.